The van der Waals surface area contributed by atoms with Crippen molar-refractivity contribution in [3.8, 4) is 5.75 Å². The van der Waals surface area contributed by atoms with E-state index < -0.39 is 15.9 Å². The Morgan fingerprint density at radius 3 is 2.63 bits per heavy atom. The number of sulfonamides is 1. The third-order valence-electron chi connectivity index (χ3n) is 2.31. The van der Waals surface area contributed by atoms with E-state index in [1.807, 2.05) is 0 Å². The van der Waals surface area contributed by atoms with Gasteiger partial charge in [-0.2, -0.15) is 0 Å². The number of nitrogen functional groups attached to an aromatic ring is 1. The largest absolute Gasteiger partial charge is 0.495 e. The molecule has 0 aromatic heterocycles. The van der Waals surface area contributed by atoms with E-state index in [0.717, 1.165) is 0 Å². The fourth-order valence-corrected chi connectivity index (χ4v) is 2.40. The van der Waals surface area contributed by atoms with Crippen molar-refractivity contribution in [3.63, 3.8) is 0 Å². The molecular weight excluding hydrogens is 270 g/mol. The molecule has 1 amide bonds. The van der Waals surface area contributed by atoms with Gasteiger partial charge >= 0.3 is 0 Å². The molecule has 1 rings (SSSR count). The first-order valence-corrected chi connectivity index (χ1v) is 7.09. The third kappa shape index (κ3) is 4.11. The zero-order valence-electron chi connectivity index (χ0n) is 10.8. The second kappa shape index (κ2) is 6.39. The smallest absolute Gasteiger partial charge is 0.241 e. The molecule has 0 unspecified atom stereocenters. The van der Waals surface area contributed by atoms with Crippen LogP contribution in [0.15, 0.2) is 23.1 Å². The van der Waals surface area contributed by atoms with Gasteiger partial charge in [-0.1, -0.05) is 0 Å². The molecule has 0 heterocycles. The minimum atomic E-state index is -3.77. The highest BCUT2D eigenvalue weighted by molar-refractivity contribution is 7.89. The SMILES string of the molecule is CCNC(=O)CNS(=O)(=O)c1ccc(OC)c(N)c1. The standard InChI is InChI=1S/C11H17N3O4S/c1-3-13-11(15)7-14-19(16,17)8-4-5-10(18-2)9(12)6-8/h4-6,14H,3,7,12H2,1-2H3,(H,13,15). The summed E-state index contributed by atoms with van der Waals surface area (Å²) in [4.78, 5) is 11.2. The van der Waals surface area contributed by atoms with Crippen molar-refractivity contribution in [1.82, 2.24) is 10.0 Å². The van der Waals surface area contributed by atoms with Crippen molar-refractivity contribution in [2.45, 2.75) is 11.8 Å². The van der Waals surface area contributed by atoms with Crippen LogP contribution in [-0.2, 0) is 14.8 Å². The van der Waals surface area contributed by atoms with Crippen LogP contribution in [0.1, 0.15) is 6.92 Å². The second-order valence-electron chi connectivity index (χ2n) is 3.68. The molecule has 1 aromatic rings. The molecule has 0 atom stereocenters. The molecule has 0 aliphatic rings. The van der Waals surface area contributed by atoms with Gasteiger partial charge in [-0.15, -0.1) is 0 Å². The zero-order valence-corrected chi connectivity index (χ0v) is 11.6. The molecule has 7 nitrogen and oxygen atoms in total. The average molecular weight is 287 g/mol. The summed E-state index contributed by atoms with van der Waals surface area (Å²) in [6.45, 7) is 1.87. The lowest BCUT2D eigenvalue weighted by Gasteiger charge is -2.09. The van der Waals surface area contributed by atoms with Gasteiger partial charge < -0.3 is 15.8 Å². The van der Waals surface area contributed by atoms with E-state index in [0.29, 0.717) is 12.3 Å². The summed E-state index contributed by atoms with van der Waals surface area (Å²) in [5.74, 6) is -0.00441. The molecule has 0 spiro atoms. The fourth-order valence-electron chi connectivity index (χ4n) is 1.38. The van der Waals surface area contributed by atoms with Crippen molar-refractivity contribution in [2.75, 3.05) is 25.9 Å². The number of rotatable bonds is 6. The van der Waals surface area contributed by atoms with Crippen molar-refractivity contribution >= 4 is 21.6 Å². The highest BCUT2D eigenvalue weighted by Crippen LogP contribution is 2.24. The van der Waals surface area contributed by atoms with Gasteiger partial charge in [0.15, 0.2) is 0 Å². The number of carbonyl (C=O) groups excluding carboxylic acids is 1. The van der Waals surface area contributed by atoms with Crippen molar-refractivity contribution < 1.29 is 17.9 Å². The number of likely N-dealkylation sites (N-methyl/N-ethyl adjacent to an activating group) is 1. The average Bonchev–Trinajstić information content (AvgIpc) is 2.37. The van der Waals surface area contributed by atoms with Crippen molar-refractivity contribution in [3.05, 3.63) is 18.2 Å². The van der Waals surface area contributed by atoms with E-state index in [1.165, 1.54) is 25.3 Å². The summed E-state index contributed by atoms with van der Waals surface area (Å²) in [6, 6.07) is 4.09. The van der Waals surface area contributed by atoms with Crippen molar-refractivity contribution in [2.24, 2.45) is 0 Å². The Morgan fingerprint density at radius 2 is 2.11 bits per heavy atom. The summed E-state index contributed by atoms with van der Waals surface area (Å²) in [5.41, 5.74) is 5.85. The minimum Gasteiger partial charge on any atom is -0.495 e. The molecule has 19 heavy (non-hydrogen) atoms. The normalized spacial score (nSPS) is 11.1. The summed E-state index contributed by atoms with van der Waals surface area (Å²) >= 11 is 0. The van der Waals surface area contributed by atoms with E-state index in [-0.39, 0.29) is 17.1 Å². The first-order chi connectivity index (χ1) is 8.90. The summed E-state index contributed by atoms with van der Waals surface area (Å²) < 4.78 is 30.9. The van der Waals surface area contributed by atoms with Gasteiger partial charge in [0.25, 0.3) is 0 Å². The molecule has 0 bridgehead atoms. The molecule has 0 saturated heterocycles. The molecule has 1 aromatic carbocycles. The maximum Gasteiger partial charge on any atom is 0.241 e. The first kappa shape index (κ1) is 15.3. The van der Waals surface area contributed by atoms with Gasteiger partial charge in [0, 0.05) is 6.54 Å². The lowest BCUT2D eigenvalue weighted by atomic mass is 10.3. The number of carbonyl (C=O) groups is 1. The summed E-state index contributed by atoms with van der Waals surface area (Å²) in [5, 5.41) is 2.49. The number of benzene rings is 1. The number of anilines is 1. The van der Waals surface area contributed by atoms with Crippen LogP contribution in [0.4, 0.5) is 5.69 Å². The van der Waals surface area contributed by atoms with Crippen LogP contribution < -0.4 is 20.5 Å². The fraction of sp³-hybridized carbons (Fsp3) is 0.364. The summed E-state index contributed by atoms with van der Waals surface area (Å²) in [7, 11) is -2.33. The van der Waals surface area contributed by atoms with Crippen LogP contribution in [0.3, 0.4) is 0 Å². The highest BCUT2D eigenvalue weighted by atomic mass is 32.2. The highest BCUT2D eigenvalue weighted by Gasteiger charge is 2.16. The van der Waals surface area contributed by atoms with E-state index in [1.54, 1.807) is 6.92 Å². The molecule has 0 aliphatic carbocycles. The van der Waals surface area contributed by atoms with Gasteiger partial charge in [-0.25, -0.2) is 13.1 Å². The van der Waals surface area contributed by atoms with Gasteiger partial charge in [-0.3, -0.25) is 4.79 Å². The van der Waals surface area contributed by atoms with Gasteiger partial charge in [0.1, 0.15) is 5.75 Å². The Balaban J connectivity index is 2.83. The monoisotopic (exact) mass is 287 g/mol. The van der Waals surface area contributed by atoms with Gasteiger partial charge in [-0.05, 0) is 25.1 Å². The van der Waals surface area contributed by atoms with Crippen LogP contribution in [0.5, 0.6) is 5.75 Å². The maximum atomic E-state index is 11.9. The number of hydrogen-bond donors (Lipinski definition) is 3. The Hall–Kier alpha value is -1.80. The molecular formula is C11H17N3O4S. The molecule has 0 aliphatic heterocycles. The zero-order chi connectivity index (χ0) is 14.5. The molecule has 106 valence electrons. The number of methoxy groups -OCH3 is 1. The van der Waals surface area contributed by atoms with Crippen molar-refractivity contribution in [1.29, 1.82) is 0 Å². The number of nitrogens with one attached hydrogen (secondary N) is 2. The molecule has 0 saturated carbocycles. The predicted octanol–water partition coefficient (Wildman–Crippen LogP) is -0.308. The summed E-state index contributed by atoms with van der Waals surface area (Å²) in [6.07, 6.45) is 0. The topological polar surface area (TPSA) is 111 Å². The van der Waals surface area contributed by atoms with E-state index in [4.69, 9.17) is 10.5 Å². The number of amides is 1. The lowest BCUT2D eigenvalue weighted by molar-refractivity contribution is -0.119. The Labute approximate surface area is 112 Å². The molecule has 4 N–H and O–H groups in total. The number of nitrogens with two attached hydrogens (primary N) is 1. The number of ether oxygens (including phenoxy) is 1. The Kier molecular flexibility index (Phi) is 5.13. The van der Waals surface area contributed by atoms with E-state index >= 15 is 0 Å². The third-order valence-corrected chi connectivity index (χ3v) is 3.71. The Bertz CT molecular complexity index is 557. The molecule has 8 heteroatoms. The maximum absolute atomic E-state index is 11.9. The van der Waals surface area contributed by atoms with E-state index in [2.05, 4.69) is 10.0 Å². The molecule has 0 fully saturated rings. The Morgan fingerprint density at radius 1 is 1.42 bits per heavy atom. The second-order valence-corrected chi connectivity index (χ2v) is 5.45. The first-order valence-electron chi connectivity index (χ1n) is 5.60. The van der Waals surface area contributed by atoms with E-state index in [9.17, 15) is 13.2 Å². The van der Waals surface area contributed by atoms with Crippen LogP contribution in [0.2, 0.25) is 0 Å². The quantitative estimate of drug-likeness (QED) is 0.622. The lowest BCUT2D eigenvalue weighted by Crippen LogP contribution is -2.36. The predicted molar refractivity (Wildman–Crippen MR) is 71.3 cm³/mol. The minimum absolute atomic E-state index is 0.0184. The molecule has 0 radical (unpaired) electrons. The number of hydrogen-bond acceptors (Lipinski definition) is 5. The van der Waals surface area contributed by atoms with Gasteiger partial charge in [0.2, 0.25) is 15.9 Å². The van der Waals surface area contributed by atoms with Crippen LogP contribution in [0.25, 0.3) is 0 Å². The van der Waals surface area contributed by atoms with Crippen LogP contribution in [-0.4, -0.2) is 34.5 Å². The van der Waals surface area contributed by atoms with Gasteiger partial charge in [0.05, 0.1) is 24.2 Å². The van der Waals surface area contributed by atoms with Crippen LogP contribution >= 0.6 is 0 Å². The van der Waals surface area contributed by atoms with Crippen LogP contribution in [0, 0.1) is 0 Å².